The molecule has 1 aromatic heterocycles. The van der Waals surface area contributed by atoms with E-state index in [9.17, 15) is 8.42 Å². The van der Waals surface area contributed by atoms with Crippen LogP contribution < -0.4 is 9.46 Å². The summed E-state index contributed by atoms with van der Waals surface area (Å²) >= 11 is 0. The fourth-order valence-electron chi connectivity index (χ4n) is 1.78. The quantitative estimate of drug-likeness (QED) is 0.923. The summed E-state index contributed by atoms with van der Waals surface area (Å²) in [6, 6.07) is 4.48. The molecule has 7 nitrogen and oxygen atoms in total. The molecule has 8 heteroatoms. The molecule has 0 aliphatic heterocycles. The van der Waals surface area contributed by atoms with Crippen LogP contribution in [-0.4, -0.2) is 32.7 Å². The first kappa shape index (κ1) is 16.4. The van der Waals surface area contributed by atoms with Gasteiger partial charge in [0.25, 0.3) is 0 Å². The second-order valence-corrected chi connectivity index (χ2v) is 7.63. The number of aromatic nitrogens is 2. The smallest absolute Gasteiger partial charge is 0.240 e. The fraction of sp³-hybridized carbons (Fsp3) is 0.429. The first-order valence-corrected chi connectivity index (χ1v) is 8.13. The van der Waals surface area contributed by atoms with Crippen LogP contribution >= 0.6 is 0 Å². The average molecular weight is 325 g/mol. The van der Waals surface area contributed by atoms with E-state index < -0.39 is 10.0 Å². The Balaban J connectivity index is 2.58. The first-order chi connectivity index (χ1) is 10.2. The van der Waals surface area contributed by atoms with E-state index in [2.05, 4.69) is 14.9 Å². The van der Waals surface area contributed by atoms with E-state index in [0.717, 1.165) is 0 Å². The van der Waals surface area contributed by atoms with Gasteiger partial charge in [-0.05, 0) is 25.2 Å². The maximum atomic E-state index is 11.9. The van der Waals surface area contributed by atoms with Crippen LogP contribution in [0.25, 0.3) is 11.4 Å². The Hall–Kier alpha value is -1.93. The molecule has 0 atom stereocenters. The maximum Gasteiger partial charge on any atom is 0.240 e. The van der Waals surface area contributed by atoms with Crippen LogP contribution in [0.15, 0.2) is 27.6 Å². The number of hydrogen-bond donors (Lipinski definition) is 1. The van der Waals surface area contributed by atoms with Gasteiger partial charge in [-0.1, -0.05) is 25.9 Å². The van der Waals surface area contributed by atoms with Crippen LogP contribution in [0.2, 0.25) is 0 Å². The average Bonchev–Trinajstić information content (AvgIpc) is 2.96. The van der Waals surface area contributed by atoms with Gasteiger partial charge in [-0.3, -0.25) is 0 Å². The van der Waals surface area contributed by atoms with Gasteiger partial charge in [-0.15, -0.1) is 0 Å². The minimum atomic E-state index is -3.57. The van der Waals surface area contributed by atoms with Crippen molar-refractivity contribution in [2.75, 3.05) is 14.2 Å². The van der Waals surface area contributed by atoms with Crippen LogP contribution in [-0.2, 0) is 15.4 Å². The number of benzene rings is 1. The van der Waals surface area contributed by atoms with Gasteiger partial charge in [-0.25, -0.2) is 13.1 Å². The summed E-state index contributed by atoms with van der Waals surface area (Å²) in [6.07, 6.45) is 0. The predicted molar refractivity (Wildman–Crippen MR) is 81.2 cm³/mol. The zero-order valence-corrected chi connectivity index (χ0v) is 14.0. The molecule has 0 saturated heterocycles. The van der Waals surface area contributed by atoms with Crippen molar-refractivity contribution in [1.82, 2.24) is 14.9 Å². The molecule has 1 heterocycles. The highest BCUT2D eigenvalue weighted by Gasteiger charge is 2.24. The highest BCUT2D eigenvalue weighted by molar-refractivity contribution is 7.89. The molecule has 0 bridgehead atoms. The van der Waals surface area contributed by atoms with Crippen molar-refractivity contribution < 1.29 is 17.7 Å². The molecule has 1 aromatic carbocycles. The van der Waals surface area contributed by atoms with Crippen LogP contribution in [0.1, 0.15) is 26.7 Å². The third-order valence-electron chi connectivity index (χ3n) is 3.06. The molecule has 0 aliphatic carbocycles. The van der Waals surface area contributed by atoms with E-state index in [-0.39, 0.29) is 16.1 Å². The summed E-state index contributed by atoms with van der Waals surface area (Å²) in [7, 11) is -0.719. The van der Waals surface area contributed by atoms with Gasteiger partial charge in [0.15, 0.2) is 0 Å². The number of nitrogens with zero attached hydrogens (tertiary/aromatic N) is 2. The van der Waals surface area contributed by atoms with Gasteiger partial charge < -0.3 is 9.26 Å². The summed E-state index contributed by atoms with van der Waals surface area (Å²) in [5.74, 6) is 1.22. The number of methoxy groups -OCH3 is 1. The van der Waals surface area contributed by atoms with Crippen molar-refractivity contribution in [1.29, 1.82) is 0 Å². The van der Waals surface area contributed by atoms with Crippen molar-refractivity contribution in [2.24, 2.45) is 0 Å². The highest BCUT2D eigenvalue weighted by atomic mass is 32.2. The Morgan fingerprint density at radius 3 is 2.45 bits per heavy atom. The van der Waals surface area contributed by atoms with E-state index in [4.69, 9.17) is 9.26 Å². The van der Waals surface area contributed by atoms with Gasteiger partial charge in [0.1, 0.15) is 5.75 Å². The van der Waals surface area contributed by atoms with Crippen LogP contribution in [0, 0.1) is 0 Å². The van der Waals surface area contributed by atoms with Crippen molar-refractivity contribution in [3.05, 3.63) is 24.1 Å². The van der Waals surface area contributed by atoms with Crippen molar-refractivity contribution >= 4 is 10.0 Å². The van der Waals surface area contributed by atoms with Gasteiger partial charge >= 0.3 is 0 Å². The number of hydrogen-bond acceptors (Lipinski definition) is 6. The van der Waals surface area contributed by atoms with Crippen LogP contribution in [0.3, 0.4) is 0 Å². The zero-order valence-electron chi connectivity index (χ0n) is 13.2. The van der Waals surface area contributed by atoms with Gasteiger partial charge in [-0.2, -0.15) is 4.98 Å². The van der Waals surface area contributed by atoms with Crippen LogP contribution in [0.4, 0.5) is 0 Å². The molecule has 120 valence electrons. The molecule has 2 rings (SSSR count). The SMILES string of the molecule is CNS(=O)(=O)c1ccc(OC)c(-c2noc(C(C)(C)C)n2)c1. The molecule has 0 amide bonds. The first-order valence-electron chi connectivity index (χ1n) is 6.65. The molecule has 2 aromatic rings. The number of nitrogens with one attached hydrogen (secondary N) is 1. The van der Waals surface area contributed by atoms with Gasteiger partial charge in [0, 0.05) is 5.41 Å². The molecule has 0 spiro atoms. The van der Waals surface area contributed by atoms with Crippen molar-refractivity contribution in [3.63, 3.8) is 0 Å². The Morgan fingerprint density at radius 2 is 1.95 bits per heavy atom. The number of sulfonamides is 1. The number of rotatable bonds is 4. The molecule has 0 fully saturated rings. The Bertz CT molecular complexity index is 776. The molecule has 0 unspecified atom stereocenters. The minimum Gasteiger partial charge on any atom is -0.496 e. The monoisotopic (exact) mass is 325 g/mol. The lowest BCUT2D eigenvalue weighted by Gasteiger charge is -2.10. The van der Waals surface area contributed by atoms with Gasteiger partial charge in [0.2, 0.25) is 21.7 Å². The molecule has 1 N–H and O–H groups in total. The van der Waals surface area contributed by atoms with E-state index in [1.807, 2.05) is 20.8 Å². The standard InChI is InChI=1S/C14H19N3O4S/c1-14(2,3)13-16-12(17-21-13)10-8-9(22(18,19)15-4)6-7-11(10)20-5/h6-8,15H,1-5H3. The minimum absolute atomic E-state index is 0.105. The molecule has 22 heavy (non-hydrogen) atoms. The van der Waals surface area contributed by atoms with Crippen molar-refractivity contribution in [2.45, 2.75) is 31.1 Å². The van der Waals surface area contributed by atoms with Crippen LogP contribution in [0.5, 0.6) is 5.75 Å². The molecular weight excluding hydrogens is 306 g/mol. The van der Waals surface area contributed by atoms with Crippen molar-refractivity contribution in [3.8, 4) is 17.1 Å². The van der Waals surface area contributed by atoms with E-state index in [1.54, 1.807) is 6.07 Å². The van der Waals surface area contributed by atoms with E-state index >= 15 is 0 Å². The third kappa shape index (κ3) is 3.12. The summed E-state index contributed by atoms with van der Waals surface area (Å²) < 4.78 is 36.6. The van der Waals surface area contributed by atoms with E-state index in [0.29, 0.717) is 17.2 Å². The topological polar surface area (TPSA) is 94.3 Å². The van der Waals surface area contributed by atoms with Gasteiger partial charge in [0.05, 0.1) is 17.6 Å². The normalized spacial score (nSPS) is 12.4. The Kier molecular flexibility index (Phi) is 4.25. The predicted octanol–water partition coefficient (Wildman–Crippen LogP) is 1.95. The molecular formula is C14H19N3O4S. The summed E-state index contributed by atoms with van der Waals surface area (Å²) in [4.78, 5) is 4.44. The lowest BCUT2D eigenvalue weighted by molar-refractivity contribution is 0.321. The summed E-state index contributed by atoms with van der Waals surface area (Å²) in [5.41, 5.74) is 0.158. The third-order valence-corrected chi connectivity index (χ3v) is 4.47. The zero-order chi connectivity index (χ0) is 16.5. The number of ether oxygens (including phenoxy) is 1. The second kappa shape index (κ2) is 5.69. The molecule has 0 radical (unpaired) electrons. The Labute approximate surface area is 129 Å². The molecule has 0 aliphatic rings. The highest BCUT2D eigenvalue weighted by Crippen LogP contribution is 2.32. The largest absolute Gasteiger partial charge is 0.496 e. The second-order valence-electron chi connectivity index (χ2n) is 5.74. The lowest BCUT2D eigenvalue weighted by Crippen LogP contribution is -2.18. The fourth-order valence-corrected chi connectivity index (χ4v) is 2.54. The lowest BCUT2D eigenvalue weighted by atomic mass is 9.97. The maximum absolute atomic E-state index is 11.9. The Morgan fingerprint density at radius 1 is 1.27 bits per heavy atom. The molecule has 0 saturated carbocycles. The van der Waals surface area contributed by atoms with E-state index in [1.165, 1.54) is 26.3 Å². The summed E-state index contributed by atoms with van der Waals surface area (Å²) in [6.45, 7) is 5.84. The summed E-state index contributed by atoms with van der Waals surface area (Å²) in [5, 5.41) is 3.93.